The molecule has 0 aromatic heterocycles. The van der Waals surface area contributed by atoms with Gasteiger partial charge in [-0.2, -0.15) is 13.2 Å². The lowest BCUT2D eigenvalue weighted by Crippen LogP contribution is -2.26. The molecule has 0 atom stereocenters. The summed E-state index contributed by atoms with van der Waals surface area (Å²) in [6, 6.07) is 4.88. The number of nitrogens with one attached hydrogen (secondary N) is 2. The van der Waals surface area contributed by atoms with Gasteiger partial charge >= 0.3 is 6.18 Å². The molecule has 0 saturated carbocycles. The van der Waals surface area contributed by atoms with Crippen molar-refractivity contribution in [1.29, 1.82) is 0 Å². The minimum Gasteiger partial charge on any atom is -0.388 e. The van der Waals surface area contributed by atoms with Crippen molar-refractivity contribution in [1.82, 2.24) is 10.2 Å². The number of alkyl halides is 3. The number of anilines is 1. The number of carbonyl (C=O) groups excluding carboxylic acids is 1. The molecule has 118 valence electrons. The maximum Gasteiger partial charge on any atom is 0.416 e. The Balaban J connectivity index is 0.000000219. The molecule has 1 aliphatic rings. The van der Waals surface area contributed by atoms with Crippen LogP contribution in [-0.4, -0.2) is 44.5 Å². The highest BCUT2D eigenvalue weighted by molar-refractivity contribution is 5.46. The topological polar surface area (TPSA) is 44.4 Å². The standard InChI is InChI=1S/C8H8F3N.C6H12N2O/c1-12-7-4-2-6(3-5-7)8(9,10)11;9-6-8-4-1-2-7-3-5-8/h2-5,12H,1H3;6-7H,1-5H2. The molecule has 1 aromatic rings. The van der Waals surface area contributed by atoms with Gasteiger partial charge in [0.15, 0.2) is 0 Å². The fourth-order valence-electron chi connectivity index (χ4n) is 1.80. The Morgan fingerprint density at radius 3 is 2.38 bits per heavy atom. The SMILES string of the molecule is CNc1ccc(C(F)(F)F)cc1.O=CN1CCCNCC1. The molecule has 4 nitrogen and oxygen atoms in total. The lowest BCUT2D eigenvalue weighted by Gasteiger charge is -2.11. The summed E-state index contributed by atoms with van der Waals surface area (Å²) < 4.78 is 36.0. The largest absolute Gasteiger partial charge is 0.416 e. The van der Waals surface area contributed by atoms with Crippen LogP contribution in [0, 0.1) is 0 Å². The third-order valence-electron chi connectivity index (χ3n) is 3.02. The van der Waals surface area contributed by atoms with Crippen LogP contribution >= 0.6 is 0 Å². The van der Waals surface area contributed by atoms with Gasteiger partial charge in [0.1, 0.15) is 0 Å². The first-order chi connectivity index (χ1) is 9.97. The van der Waals surface area contributed by atoms with E-state index in [4.69, 9.17) is 0 Å². The molecule has 0 radical (unpaired) electrons. The summed E-state index contributed by atoms with van der Waals surface area (Å²) >= 11 is 0. The zero-order chi connectivity index (χ0) is 15.7. The van der Waals surface area contributed by atoms with Crippen LogP contribution in [0.15, 0.2) is 24.3 Å². The zero-order valence-electron chi connectivity index (χ0n) is 11.9. The van der Waals surface area contributed by atoms with Crippen molar-refractivity contribution in [2.24, 2.45) is 0 Å². The summed E-state index contributed by atoms with van der Waals surface area (Å²) in [4.78, 5) is 12.0. The van der Waals surface area contributed by atoms with Crippen LogP contribution in [0.25, 0.3) is 0 Å². The summed E-state index contributed by atoms with van der Waals surface area (Å²) in [7, 11) is 1.66. The van der Waals surface area contributed by atoms with E-state index in [-0.39, 0.29) is 0 Å². The summed E-state index contributed by atoms with van der Waals surface area (Å²) in [6.45, 7) is 3.77. The second-order valence-electron chi connectivity index (χ2n) is 4.57. The first-order valence-electron chi connectivity index (χ1n) is 6.72. The van der Waals surface area contributed by atoms with Gasteiger partial charge in [0.05, 0.1) is 5.56 Å². The van der Waals surface area contributed by atoms with E-state index in [2.05, 4.69) is 10.6 Å². The molecule has 1 aliphatic heterocycles. The molecule has 0 spiro atoms. The summed E-state index contributed by atoms with van der Waals surface area (Å²) in [6.07, 6.45) is -2.24. The minimum absolute atomic E-state index is 0.624. The van der Waals surface area contributed by atoms with E-state index < -0.39 is 11.7 Å². The van der Waals surface area contributed by atoms with Gasteiger partial charge in [-0.1, -0.05) is 0 Å². The van der Waals surface area contributed by atoms with E-state index in [1.807, 2.05) is 0 Å². The summed E-state index contributed by atoms with van der Waals surface area (Å²) in [5.74, 6) is 0. The lowest BCUT2D eigenvalue weighted by atomic mass is 10.2. The highest BCUT2D eigenvalue weighted by atomic mass is 19.4. The number of nitrogens with zero attached hydrogens (tertiary/aromatic N) is 1. The van der Waals surface area contributed by atoms with Crippen molar-refractivity contribution in [3.05, 3.63) is 29.8 Å². The number of benzene rings is 1. The molecular weight excluding hydrogens is 283 g/mol. The Hall–Kier alpha value is -1.76. The molecule has 1 heterocycles. The van der Waals surface area contributed by atoms with E-state index in [1.165, 1.54) is 12.1 Å². The Labute approximate surface area is 122 Å². The van der Waals surface area contributed by atoms with Crippen molar-refractivity contribution >= 4 is 12.1 Å². The first-order valence-corrected chi connectivity index (χ1v) is 6.72. The highest BCUT2D eigenvalue weighted by Crippen LogP contribution is 2.29. The van der Waals surface area contributed by atoms with Crippen molar-refractivity contribution in [3.8, 4) is 0 Å². The molecule has 21 heavy (non-hydrogen) atoms. The molecule has 1 amide bonds. The molecule has 0 unspecified atom stereocenters. The Kier molecular flexibility index (Phi) is 7.01. The average Bonchev–Trinajstić information content (AvgIpc) is 2.75. The zero-order valence-corrected chi connectivity index (χ0v) is 11.9. The number of hydrogen-bond acceptors (Lipinski definition) is 3. The van der Waals surface area contributed by atoms with Crippen LogP contribution in [0.4, 0.5) is 18.9 Å². The van der Waals surface area contributed by atoms with Crippen LogP contribution < -0.4 is 10.6 Å². The van der Waals surface area contributed by atoms with Crippen molar-refractivity contribution < 1.29 is 18.0 Å². The van der Waals surface area contributed by atoms with Crippen molar-refractivity contribution in [3.63, 3.8) is 0 Å². The van der Waals surface area contributed by atoms with E-state index in [0.29, 0.717) is 5.69 Å². The summed E-state index contributed by atoms with van der Waals surface area (Å²) in [5, 5.41) is 5.95. The minimum atomic E-state index is -4.24. The molecular formula is C14H20F3N3O. The Morgan fingerprint density at radius 1 is 1.19 bits per heavy atom. The molecule has 0 aliphatic carbocycles. The average molecular weight is 303 g/mol. The number of amides is 1. The number of carbonyl (C=O) groups is 1. The van der Waals surface area contributed by atoms with E-state index in [0.717, 1.165) is 51.1 Å². The summed E-state index contributed by atoms with van der Waals surface area (Å²) in [5.41, 5.74) is 0.0458. The van der Waals surface area contributed by atoms with Crippen LogP contribution in [0.3, 0.4) is 0 Å². The molecule has 1 fully saturated rings. The predicted molar refractivity (Wildman–Crippen MR) is 76.1 cm³/mol. The molecule has 1 saturated heterocycles. The third kappa shape index (κ3) is 6.48. The van der Waals surface area contributed by atoms with Gasteiger partial charge in [0.2, 0.25) is 6.41 Å². The van der Waals surface area contributed by atoms with Crippen LogP contribution in [-0.2, 0) is 11.0 Å². The quantitative estimate of drug-likeness (QED) is 0.823. The predicted octanol–water partition coefficient (Wildman–Crippen LogP) is 2.19. The van der Waals surface area contributed by atoms with Crippen LogP contribution in [0.2, 0.25) is 0 Å². The number of rotatable bonds is 2. The normalized spacial score (nSPS) is 15.5. The second-order valence-corrected chi connectivity index (χ2v) is 4.57. The molecule has 7 heteroatoms. The monoisotopic (exact) mass is 303 g/mol. The van der Waals surface area contributed by atoms with E-state index >= 15 is 0 Å². The maximum atomic E-state index is 12.0. The molecule has 1 aromatic carbocycles. The van der Waals surface area contributed by atoms with Gasteiger partial charge < -0.3 is 15.5 Å². The smallest absolute Gasteiger partial charge is 0.388 e. The highest BCUT2D eigenvalue weighted by Gasteiger charge is 2.29. The van der Waals surface area contributed by atoms with Crippen molar-refractivity contribution in [2.45, 2.75) is 12.6 Å². The Morgan fingerprint density at radius 2 is 1.86 bits per heavy atom. The number of halogens is 3. The fourth-order valence-corrected chi connectivity index (χ4v) is 1.80. The van der Waals surface area contributed by atoms with E-state index in [9.17, 15) is 18.0 Å². The molecule has 0 bridgehead atoms. The van der Waals surface area contributed by atoms with Gasteiger partial charge in [-0.3, -0.25) is 4.79 Å². The van der Waals surface area contributed by atoms with Gasteiger partial charge in [0, 0.05) is 32.4 Å². The Bertz CT molecular complexity index is 412. The third-order valence-corrected chi connectivity index (χ3v) is 3.02. The van der Waals surface area contributed by atoms with Gasteiger partial charge in [-0.15, -0.1) is 0 Å². The lowest BCUT2D eigenvalue weighted by molar-refractivity contribution is -0.137. The van der Waals surface area contributed by atoms with Gasteiger partial charge in [-0.25, -0.2) is 0 Å². The first kappa shape index (κ1) is 17.3. The maximum absolute atomic E-state index is 12.0. The molecule has 2 N–H and O–H groups in total. The van der Waals surface area contributed by atoms with Gasteiger partial charge in [0.25, 0.3) is 0 Å². The fraction of sp³-hybridized carbons (Fsp3) is 0.500. The van der Waals surface area contributed by atoms with Crippen LogP contribution in [0.5, 0.6) is 0 Å². The van der Waals surface area contributed by atoms with E-state index in [1.54, 1.807) is 11.9 Å². The van der Waals surface area contributed by atoms with Gasteiger partial charge in [-0.05, 0) is 37.2 Å². The van der Waals surface area contributed by atoms with Crippen LogP contribution in [0.1, 0.15) is 12.0 Å². The second kappa shape index (κ2) is 8.51. The molecule has 2 rings (SSSR count). The number of hydrogen-bond donors (Lipinski definition) is 2. The van der Waals surface area contributed by atoms with Crippen molar-refractivity contribution in [2.75, 3.05) is 38.5 Å².